The van der Waals surface area contributed by atoms with Crippen molar-refractivity contribution in [3.63, 3.8) is 0 Å². The number of hydrogen-bond donors (Lipinski definition) is 0. The number of rotatable bonds is 4. The van der Waals surface area contributed by atoms with Gasteiger partial charge >= 0.3 is 0 Å². The lowest BCUT2D eigenvalue weighted by Gasteiger charge is -2.19. The minimum Gasteiger partial charge on any atom is -0.0620 e. The molecular weight excluding hydrogens is 961 g/mol. The molecule has 0 aliphatic carbocycles. The third kappa shape index (κ3) is 5.46. The number of benzene rings is 16. The topological polar surface area (TPSA) is 0 Å². The molecule has 0 heterocycles. The van der Waals surface area contributed by atoms with Crippen LogP contribution in [0, 0.1) is 41.5 Å². The van der Waals surface area contributed by atoms with Crippen LogP contribution in [0.1, 0.15) is 33.4 Å². The Morgan fingerprint density at radius 2 is 0.425 bits per heavy atom. The van der Waals surface area contributed by atoms with Gasteiger partial charge in [-0.2, -0.15) is 0 Å². The molecule has 0 nitrogen and oxygen atoms in total. The fraction of sp³-hybridized carbons (Fsp3) is 0.0750. The summed E-state index contributed by atoms with van der Waals surface area (Å²) in [6.07, 6.45) is 0. The Labute approximate surface area is 463 Å². The maximum absolute atomic E-state index is 2.60. The zero-order valence-electron chi connectivity index (χ0n) is 45.6. The normalized spacial score (nSPS) is 12.6. The minimum atomic E-state index is 1.28. The van der Waals surface area contributed by atoms with Crippen LogP contribution < -0.4 is 0 Å². The van der Waals surface area contributed by atoms with Crippen molar-refractivity contribution >= 4 is 140 Å². The summed E-state index contributed by atoms with van der Waals surface area (Å²) in [5.41, 5.74) is 18.3. The van der Waals surface area contributed by atoms with Crippen LogP contribution in [0.4, 0.5) is 0 Å². The molecule has 0 amide bonds. The van der Waals surface area contributed by atoms with E-state index in [1.165, 1.54) is 218 Å². The standard InChI is InChI=1S/C80H52/c1-41-15-7-9-21-47(41)73-67-39-65-61-33-31-57-51-25-13-23-49-53(69-43(3)17-11-18-44(69)4)27-29-55(71(49)51)59-32-34-62(77(61)75(57)59)66(65)40-68(67)74(48-22-10-8-16-42(48)2)80-64-38-36-60-56-30-28-54(70-45(5)19-12-20-46(70)6)50-24-14-26-52(72(50)56)58-35-37-63(79(73)80)78(64)76(58)60/h7-40H,1-6H3. The summed E-state index contributed by atoms with van der Waals surface area (Å²) < 4.78 is 0. The molecule has 0 fully saturated rings. The second-order valence-electron chi connectivity index (χ2n) is 23.5. The summed E-state index contributed by atoms with van der Waals surface area (Å²) in [5, 5.41) is 34.6. The van der Waals surface area contributed by atoms with Gasteiger partial charge in [-0.25, -0.2) is 0 Å². The summed E-state index contributed by atoms with van der Waals surface area (Å²) in [4.78, 5) is 0. The quantitative estimate of drug-likeness (QED) is 0.122. The van der Waals surface area contributed by atoms with E-state index in [0.717, 1.165) is 0 Å². The van der Waals surface area contributed by atoms with E-state index in [-0.39, 0.29) is 0 Å². The fourth-order valence-corrected chi connectivity index (χ4v) is 16.2. The average molecular weight is 1010 g/mol. The van der Waals surface area contributed by atoms with Gasteiger partial charge in [-0.05, 0) is 272 Å². The molecule has 0 saturated carbocycles. The van der Waals surface area contributed by atoms with E-state index in [2.05, 4.69) is 248 Å². The van der Waals surface area contributed by atoms with Crippen molar-refractivity contribution in [1.82, 2.24) is 0 Å². The first kappa shape index (κ1) is 44.4. The largest absolute Gasteiger partial charge is 0.0620 e. The van der Waals surface area contributed by atoms with Gasteiger partial charge in [-0.3, -0.25) is 0 Å². The van der Waals surface area contributed by atoms with Gasteiger partial charge < -0.3 is 0 Å². The monoisotopic (exact) mass is 1010 g/mol. The molecule has 0 bridgehead atoms. The molecule has 18 rings (SSSR count). The second kappa shape index (κ2) is 15.6. The molecule has 0 heteroatoms. The molecule has 0 atom stereocenters. The maximum atomic E-state index is 2.60. The third-order valence-electron chi connectivity index (χ3n) is 19.5. The lowest BCUT2D eigenvalue weighted by Crippen LogP contribution is -1.92. The number of hydrogen-bond acceptors (Lipinski definition) is 0. The van der Waals surface area contributed by atoms with E-state index in [0.29, 0.717) is 0 Å². The highest BCUT2D eigenvalue weighted by molar-refractivity contribution is 6.48. The van der Waals surface area contributed by atoms with Crippen LogP contribution in [-0.2, 0) is 0 Å². The Kier molecular flexibility index (Phi) is 8.63. The van der Waals surface area contributed by atoms with Crippen molar-refractivity contribution in [2.24, 2.45) is 0 Å². The van der Waals surface area contributed by atoms with E-state index < -0.39 is 0 Å². The molecule has 0 aromatic heterocycles. The van der Waals surface area contributed by atoms with E-state index in [4.69, 9.17) is 0 Å². The first-order valence-corrected chi connectivity index (χ1v) is 28.5. The molecule has 0 radical (unpaired) electrons. The van der Waals surface area contributed by atoms with Crippen molar-refractivity contribution in [2.45, 2.75) is 41.5 Å². The summed E-state index contributed by atoms with van der Waals surface area (Å²) in [6, 6.07) is 80.1. The SMILES string of the molecule is Cc1ccccc1-c1c2cc3c(cc2c(-c2ccccc2C)c2c4ccc5c6ccc(-c7c(C)cccc7C)c7cccc(c8ccc(c12)c4c85)c76)c1ccc2c4ccc(-c5c(C)cccc5C)c5cccc(c6ccc3c1c62)c54. The summed E-state index contributed by atoms with van der Waals surface area (Å²) in [5.74, 6) is 0. The van der Waals surface area contributed by atoms with Crippen molar-refractivity contribution in [1.29, 1.82) is 0 Å². The van der Waals surface area contributed by atoms with E-state index >= 15 is 0 Å². The number of fused-ring (bicyclic) bond motifs is 11. The zero-order valence-corrected chi connectivity index (χ0v) is 45.6. The summed E-state index contributed by atoms with van der Waals surface area (Å²) >= 11 is 0. The highest BCUT2D eigenvalue weighted by Gasteiger charge is 2.29. The van der Waals surface area contributed by atoms with Crippen LogP contribution in [0.5, 0.6) is 0 Å². The Balaban J connectivity index is 0.993. The molecule has 0 unspecified atom stereocenters. The molecule has 372 valence electrons. The summed E-state index contributed by atoms with van der Waals surface area (Å²) in [6.45, 7) is 13.6. The Morgan fingerprint density at radius 1 is 0.150 bits per heavy atom. The fourth-order valence-electron chi connectivity index (χ4n) is 16.2. The van der Waals surface area contributed by atoms with Gasteiger partial charge in [0.25, 0.3) is 0 Å². The highest BCUT2D eigenvalue weighted by Crippen LogP contribution is 2.57. The maximum Gasteiger partial charge on any atom is -0.000730 e. The van der Waals surface area contributed by atoms with Crippen LogP contribution in [0.25, 0.3) is 185 Å². The molecular formula is C80H52. The van der Waals surface area contributed by atoms with Crippen LogP contribution >= 0.6 is 0 Å². The highest BCUT2D eigenvalue weighted by atomic mass is 14.3. The molecule has 18 aromatic rings. The van der Waals surface area contributed by atoms with E-state index in [1.807, 2.05) is 0 Å². The third-order valence-corrected chi connectivity index (χ3v) is 19.5. The minimum absolute atomic E-state index is 1.28. The summed E-state index contributed by atoms with van der Waals surface area (Å²) in [7, 11) is 0. The lowest BCUT2D eigenvalue weighted by molar-refractivity contribution is 1.39. The second-order valence-corrected chi connectivity index (χ2v) is 23.5. The lowest BCUT2D eigenvalue weighted by atomic mass is 9.84. The van der Waals surface area contributed by atoms with Gasteiger partial charge in [0, 0.05) is 0 Å². The predicted octanol–water partition coefficient (Wildman–Crippen LogP) is 22.9. The average Bonchev–Trinajstić information content (AvgIpc) is 4.17. The molecule has 0 aliphatic rings. The number of aryl methyl sites for hydroxylation is 6. The van der Waals surface area contributed by atoms with Crippen LogP contribution in [-0.4, -0.2) is 0 Å². The van der Waals surface area contributed by atoms with Crippen LogP contribution in [0.3, 0.4) is 0 Å². The van der Waals surface area contributed by atoms with Gasteiger partial charge in [-0.15, -0.1) is 0 Å². The van der Waals surface area contributed by atoms with E-state index in [9.17, 15) is 0 Å². The van der Waals surface area contributed by atoms with Gasteiger partial charge in [-0.1, -0.05) is 194 Å². The Bertz CT molecular complexity index is 5500. The van der Waals surface area contributed by atoms with Gasteiger partial charge in [0.05, 0.1) is 0 Å². The molecule has 0 spiro atoms. The molecule has 0 saturated heterocycles. The van der Waals surface area contributed by atoms with Crippen molar-refractivity contribution in [3.8, 4) is 44.5 Å². The van der Waals surface area contributed by atoms with Gasteiger partial charge in [0.2, 0.25) is 0 Å². The van der Waals surface area contributed by atoms with Crippen molar-refractivity contribution in [3.05, 3.63) is 240 Å². The van der Waals surface area contributed by atoms with E-state index in [1.54, 1.807) is 0 Å². The Morgan fingerprint density at radius 3 is 0.812 bits per heavy atom. The first-order chi connectivity index (χ1) is 39.2. The molecule has 18 aromatic carbocycles. The molecule has 80 heavy (non-hydrogen) atoms. The predicted molar refractivity (Wildman–Crippen MR) is 349 cm³/mol. The van der Waals surface area contributed by atoms with Gasteiger partial charge in [0.1, 0.15) is 0 Å². The van der Waals surface area contributed by atoms with Crippen molar-refractivity contribution < 1.29 is 0 Å². The van der Waals surface area contributed by atoms with Gasteiger partial charge in [0.15, 0.2) is 0 Å². The van der Waals surface area contributed by atoms with Crippen molar-refractivity contribution in [2.75, 3.05) is 0 Å². The smallest absolute Gasteiger partial charge is 0.000730 e. The molecule has 0 aliphatic heterocycles. The molecule has 0 N–H and O–H groups in total. The van der Waals surface area contributed by atoms with Crippen LogP contribution in [0.2, 0.25) is 0 Å². The van der Waals surface area contributed by atoms with Crippen LogP contribution in [0.15, 0.2) is 206 Å². The Hall–Kier alpha value is -9.62. The first-order valence-electron chi connectivity index (χ1n) is 28.5. The zero-order chi connectivity index (χ0) is 53.1.